The lowest BCUT2D eigenvalue weighted by Crippen LogP contribution is -2.47. The quantitative estimate of drug-likeness (QED) is 0.750. The maximum absolute atomic E-state index is 12.2. The van der Waals surface area contributed by atoms with Crippen LogP contribution in [0.15, 0.2) is 0 Å². The number of aliphatic carboxylic acids is 1. The van der Waals surface area contributed by atoms with Crippen LogP contribution >= 0.6 is 0 Å². The van der Waals surface area contributed by atoms with Gasteiger partial charge < -0.3 is 20.1 Å². The van der Waals surface area contributed by atoms with E-state index < -0.39 is 18.0 Å². The molecule has 0 bridgehead atoms. The van der Waals surface area contributed by atoms with Gasteiger partial charge in [0.1, 0.15) is 6.04 Å². The summed E-state index contributed by atoms with van der Waals surface area (Å²) in [5.41, 5.74) is 0. The van der Waals surface area contributed by atoms with Crippen LogP contribution < -0.4 is 5.32 Å². The normalized spacial score (nSPS) is 28.4. The van der Waals surface area contributed by atoms with Gasteiger partial charge in [0.2, 0.25) is 0 Å². The van der Waals surface area contributed by atoms with Gasteiger partial charge in [0.15, 0.2) is 0 Å². The second-order valence-electron chi connectivity index (χ2n) is 5.70. The monoisotopic (exact) mass is 298 g/mol. The first-order valence-electron chi connectivity index (χ1n) is 7.39. The van der Waals surface area contributed by atoms with E-state index in [0.717, 1.165) is 19.3 Å². The van der Waals surface area contributed by atoms with Gasteiger partial charge in [0.05, 0.1) is 13.0 Å². The number of methoxy groups -OCH3 is 1. The second kappa shape index (κ2) is 6.78. The van der Waals surface area contributed by atoms with Crippen molar-refractivity contribution in [1.29, 1.82) is 0 Å². The van der Waals surface area contributed by atoms with Gasteiger partial charge in [-0.05, 0) is 31.6 Å². The number of carboxylic acids is 1. The van der Waals surface area contributed by atoms with Crippen LogP contribution in [0.25, 0.3) is 0 Å². The van der Waals surface area contributed by atoms with Crippen LogP contribution in [0.2, 0.25) is 0 Å². The van der Waals surface area contributed by atoms with E-state index in [0.29, 0.717) is 25.9 Å². The van der Waals surface area contributed by atoms with Crippen molar-refractivity contribution in [2.75, 3.05) is 20.2 Å². The predicted molar refractivity (Wildman–Crippen MR) is 73.6 cm³/mol. The number of ether oxygens (including phenoxy) is 1. The Kier molecular flexibility index (Phi) is 5.03. The number of hydrogen-bond donors (Lipinski definition) is 2. The lowest BCUT2D eigenvalue weighted by atomic mass is 9.96. The molecule has 2 rings (SSSR count). The molecule has 1 heterocycles. The van der Waals surface area contributed by atoms with E-state index in [-0.39, 0.29) is 17.9 Å². The van der Waals surface area contributed by atoms with E-state index in [9.17, 15) is 14.4 Å². The third-order valence-electron chi connectivity index (χ3n) is 4.48. The Morgan fingerprint density at radius 1 is 1.24 bits per heavy atom. The van der Waals surface area contributed by atoms with Crippen molar-refractivity contribution in [2.45, 2.75) is 38.1 Å². The Hall–Kier alpha value is -1.79. The highest BCUT2D eigenvalue weighted by atomic mass is 16.5. The smallest absolute Gasteiger partial charge is 0.328 e. The van der Waals surface area contributed by atoms with Crippen molar-refractivity contribution < 1.29 is 24.2 Å². The van der Waals surface area contributed by atoms with E-state index in [1.807, 2.05) is 0 Å². The molecule has 0 aromatic rings. The van der Waals surface area contributed by atoms with Gasteiger partial charge in [-0.1, -0.05) is 6.42 Å². The molecule has 2 aliphatic rings. The van der Waals surface area contributed by atoms with Crippen LogP contribution in [-0.4, -0.2) is 54.2 Å². The molecular weight excluding hydrogens is 276 g/mol. The molecule has 1 aliphatic carbocycles. The van der Waals surface area contributed by atoms with Gasteiger partial charge in [-0.3, -0.25) is 4.79 Å². The first-order valence-corrected chi connectivity index (χ1v) is 7.39. The zero-order valence-electron chi connectivity index (χ0n) is 12.2. The molecule has 3 unspecified atom stereocenters. The van der Waals surface area contributed by atoms with Gasteiger partial charge in [-0.15, -0.1) is 0 Å². The summed E-state index contributed by atoms with van der Waals surface area (Å²) in [6, 6.07) is -0.826. The van der Waals surface area contributed by atoms with Gasteiger partial charge in [0, 0.05) is 13.1 Å². The molecule has 2 N–H and O–H groups in total. The molecule has 1 saturated carbocycles. The molecule has 1 aliphatic heterocycles. The molecule has 0 spiro atoms. The van der Waals surface area contributed by atoms with Crippen molar-refractivity contribution in [3.63, 3.8) is 0 Å². The standard InChI is InChI=1S/C14H22N2O5/c1-21-13(19)11-6-3-7-16(11)14(20)15-8-9-4-2-5-10(9)12(17)18/h9-11H,2-8H2,1H3,(H,15,20)(H,17,18). The van der Waals surface area contributed by atoms with Crippen molar-refractivity contribution in [2.24, 2.45) is 11.8 Å². The Bertz CT molecular complexity index is 426. The average molecular weight is 298 g/mol. The van der Waals surface area contributed by atoms with Crippen LogP contribution in [0, 0.1) is 11.8 Å². The highest BCUT2D eigenvalue weighted by Crippen LogP contribution is 2.31. The summed E-state index contributed by atoms with van der Waals surface area (Å²) in [5.74, 6) is -1.59. The summed E-state index contributed by atoms with van der Waals surface area (Å²) in [7, 11) is 1.31. The molecular formula is C14H22N2O5. The van der Waals surface area contributed by atoms with E-state index in [1.54, 1.807) is 0 Å². The summed E-state index contributed by atoms with van der Waals surface area (Å²) in [5, 5.41) is 11.9. The largest absolute Gasteiger partial charge is 0.481 e. The highest BCUT2D eigenvalue weighted by Gasteiger charge is 2.36. The summed E-state index contributed by atoms with van der Waals surface area (Å²) in [6.45, 7) is 0.874. The lowest BCUT2D eigenvalue weighted by molar-refractivity contribution is -0.145. The number of urea groups is 1. The number of likely N-dealkylation sites (tertiary alicyclic amines) is 1. The number of carbonyl (C=O) groups excluding carboxylic acids is 2. The van der Waals surface area contributed by atoms with E-state index >= 15 is 0 Å². The molecule has 7 nitrogen and oxygen atoms in total. The molecule has 0 aromatic carbocycles. The molecule has 1 saturated heterocycles. The van der Waals surface area contributed by atoms with E-state index in [4.69, 9.17) is 9.84 Å². The number of carbonyl (C=O) groups is 3. The number of amides is 2. The number of nitrogens with one attached hydrogen (secondary N) is 1. The number of hydrogen-bond acceptors (Lipinski definition) is 4. The minimum absolute atomic E-state index is 0.0226. The fraction of sp³-hybridized carbons (Fsp3) is 0.786. The number of nitrogens with zero attached hydrogens (tertiary/aromatic N) is 1. The van der Waals surface area contributed by atoms with Crippen LogP contribution in [0.4, 0.5) is 4.79 Å². The first kappa shape index (κ1) is 15.6. The third kappa shape index (κ3) is 3.46. The van der Waals surface area contributed by atoms with Crippen molar-refractivity contribution in [1.82, 2.24) is 10.2 Å². The summed E-state index contributed by atoms with van der Waals surface area (Å²) < 4.78 is 4.70. The zero-order valence-corrected chi connectivity index (χ0v) is 12.2. The zero-order chi connectivity index (χ0) is 15.4. The Labute approximate surface area is 123 Å². The molecule has 118 valence electrons. The van der Waals surface area contributed by atoms with Crippen LogP contribution in [-0.2, 0) is 14.3 Å². The molecule has 0 aromatic heterocycles. The van der Waals surface area contributed by atoms with Crippen molar-refractivity contribution in [3.05, 3.63) is 0 Å². The lowest BCUT2D eigenvalue weighted by Gasteiger charge is -2.24. The third-order valence-corrected chi connectivity index (χ3v) is 4.48. The number of rotatable bonds is 4. The molecule has 0 radical (unpaired) electrons. The number of carboxylic acid groups (broad SMARTS) is 1. The maximum Gasteiger partial charge on any atom is 0.328 e. The van der Waals surface area contributed by atoms with Crippen molar-refractivity contribution in [3.8, 4) is 0 Å². The molecule has 3 atom stereocenters. The fourth-order valence-corrected chi connectivity index (χ4v) is 3.32. The molecule has 21 heavy (non-hydrogen) atoms. The Balaban J connectivity index is 1.87. The van der Waals surface area contributed by atoms with Crippen LogP contribution in [0.5, 0.6) is 0 Å². The highest BCUT2D eigenvalue weighted by molar-refractivity contribution is 5.84. The molecule has 7 heteroatoms. The first-order chi connectivity index (χ1) is 10.0. The topological polar surface area (TPSA) is 95.9 Å². The second-order valence-corrected chi connectivity index (χ2v) is 5.70. The summed E-state index contributed by atoms with van der Waals surface area (Å²) in [6.07, 6.45) is 3.75. The van der Waals surface area contributed by atoms with Gasteiger partial charge in [-0.2, -0.15) is 0 Å². The Morgan fingerprint density at radius 2 is 2.00 bits per heavy atom. The van der Waals surface area contributed by atoms with Gasteiger partial charge in [0.25, 0.3) is 0 Å². The van der Waals surface area contributed by atoms with Crippen LogP contribution in [0.1, 0.15) is 32.1 Å². The van der Waals surface area contributed by atoms with Gasteiger partial charge >= 0.3 is 18.0 Å². The predicted octanol–water partition coefficient (Wildman–Crippen LogP) is 0.834. The maximum atomic E-state index is 12.2. The summed E-state index contributed by atoms with van der Waals surface area (Å²) >= 11 is 0. The van der Waals surface area contributed by atoms with E-state index in [1.165, 1.54) is 12.0 Å². The number of esters is 1. The fourth-order valence-electron chi connectivity index (χ4n) is 3.32. The minimum atomic E-state index is -0.791. The Morgan fingerprint density at radius 3 is 2.67 bits per heavy atom. The van der Waals surface area contributed by atoms with Crippen LogP contribution in [0.3, 0.4) is 0 Å². The molecule has 2 fully saturated rings. The van der Waals surface area contributed by atoms with E-state index in [2.05, 4.69) is 5.32 Å². The van der Waals surface area contributed by atoms with Gasteiger partial charge in [-0.25, -0.2) is 9.59 Å². The SMILES string of the molecule is COC(=O)C1CCCN1C(=O)NCC1CCCC1C(=O)O. The summed E-state index contributed by atoms with van der Waals surface area (Å²) in [4.78, 5) is 36.4. The average Bonchev–Trinajstić information content (AvgIpc) is 3.12. The minimum Gasteiger partial charge on any atom is -0.481 e. The molecule has 2 amide bonds. The van der Waals surface area contributed by atoms with Crippen molar-refractivity contribution >= 4 is 18.0 Å².